The maximum atomic E-state index is 13.8. The number of aryl methyl sites for hydroxylation is 1. The SMILES string of the molecule is Cn1cnc([N+](=O)[O-])c1Nc1ccc(F)c(NC(=O)C2CC2)c1. The standard InChI is InChI=1S/C14H14FN5O3/c1-19-7-16-12(20(22)23)13(19)17-9-4-5-10(15)11(6-9)18-14(21)8-2-3-8/h4-8,17H,2-3H2,1H3,(H,18,21). The fourth-order valence-electron chi connectivity index (χ4n) is 2.11. The third kappa shape index (κ3) is 3.12. The number of halogens is 1. The molecule has 2 N–H and O–H groups in total. The molecule has 0 unspecified atom stereocenters. The van der Waals surface area contributed by atoms with E-state index >= 15 is 0 Å². The molecule has 0 bridgehead atoms. The number of carbonyl (C=O) groups excluding carboxylic acids is 1. The van der Waals surface area contributed by atoms with Gasteiger partial charge in [0.2, 0.25) is 18.1 Å². The number of imidazole rings is 1. The molecule has 1 aliphatic carbocycles. The van der Waals surface area contributed by atoms with E-state index in [1.807, 2.05) is 0 Å². The summed E-state index contributed by atoms with van der Waals surface area (Å²) >= 11 is 0. The van der Waals surface area contributed by atoms with Gasteiger partial charge in [-0.15, -0.1) is 0 Å². The molecule has 1 fully saturated rings. The van der Waals surface area contributed by atoms with Crippen molar-refractivity contribution in [2.24, 2.45) is 13.0 Å². The molecular formula is C14H14FN5O3. The number of anilines is 3. The van der Waals surface area contributed by atoms with Gasteiger partial charge in [-0.1, -0.05) is 0 Å². The van der Waals surface area contributed by atoms with Crippen molar-refractivity contribution in [1.82, 2.24) is 9.55 Å². The molecule has 1 saturated carbocycles. The van der Waals surface area contributed by atoms with Crippen LogP contribution in [0, 0.1) is 21.8 Å². The molecule has 1 aromatic heterocycles. The number of hydrogen-bond acceptors (Lipinski definition) is 5. The molecule has 0 radical (unpaired) electrons. The summed E-state index contributed by atoms with van der Waals surface area (Å²) in [5, 5.41) is 16.3. The lowest BCUT2D eigenvalue weighted by atomic mass is 10.2. The predicted molar refractivity (Wildman–Crippen MR) is 80.9 cm³/mol. The van der Waals surface area contributed by atoms with Crippen LogP contribution in [-0.2, 0) is 11.8 Å². The van der Waals surface area contributed by atoms with Gasteiger partial charge in [-0.3, -0.25) is 9.36 Å². The maximum absolute atomic E-state index is 13.8. The molecule has 1 amide bonds. The monoisotopic (exact) mass is 319 g/mol. The second-order valence-corrected chi connectivity index (χ2v) is 5.37. The number of nitro groups is 1. The van der Waals surface area contributed by atoms with E-state index in [0.717, 1.165) is 12.8 Å². The van der Waals surface area contributed by atoms with Crippen molar-refractivity contribution < 1.29 is 14.1 Å². The van der Waals surface area contributed by atoms with E-state index in [-0.39, 0.29) is 29.1 Å². The fraction of sp³-hybridized carbons (Fsp3) is 0.286. The lowest BCUT2D eigenvalue weighted by molar-refractivity contribution is -0.388. The molecule has 1 heterocycles. The van der Waals surface area contributed by atoms with Gasteiger partial charge in [0.05, 0.1) is 5.69 Å². The highest BCUT2D eigenvalue weighted by Crippen LogP contribution is 2.32. The number of aromatic nitrogens is 2. The first-order valence-electron chi connectivity index (χ1n) is 6.99. The van der Waals surface area contributed by atoms with Gasteiger partial charge in [0.15, 0.2) is 0 Å². The molecule has 0 spiro atoms. The topological polar surface area (TPSA) is 102 Å². The zero-order valence-electron chi connectivity index (χ0n) is 12.2. The normalized spacial score (nSPS) is 13.7. The molecule has 1 aromatic carbocycles. The number of amides is 1. The summed E-state index contributed by atoms with van der Waals surface area (Å²) in [5.41, 5.74) is 0.445. The Morgan fingerprint density at radius 1 is 1.48 bits per heavy atom. The minimum atomic E-state index is -0.609. The van der Waals surface area contributed by atoms with Gasteiger partial charge in [0.1, 0.15) is 5.82 Å². The Morgan fingerprint density at radius 3 is 2.87 bits per heavy atom. The zero-order chi connectivity index (χ0) is 16.6. The number of nitrogens with one attached hydrogen (secondary N) is 2. The summed E-state index contributed by atoms with van der Waals surface area (Å²) in [4.78, 5) is 25.8. The van der Waals surface area contributed by atoms with Gasteiger partial charge < -0.3 is 20.7 Å². The lowest BCUT2D eigenvalue weighted by Gasteiger charge is -2.10. The molecule has 2 aromatic rings. The van der Waals surface area contributed by atoms with Gasteiger partial charge >= 0.3 is 5.82 Å². The third-order valence-electron chi connectivity index (χ3n) is 3.53. The van der Waals surface area contributed by atoms with Crippen LogP contribution in [0.4, 0.5) is 27.4 Å². The summed E-state index contributed by atoms with van der Waals surface area (Å²) < 4.78 is 15.3. The molecule has 8 nitrogen and oxygen atoms in total. The highest BCUT2D eigenvalue weighted by molar-refractivity contribution is 5.94. The summed E-state index contributed by atoms with van der Waals surface area (Å²) in [6.07, 6.45) is 2.93. The van der Waals surface area contributed by atoms with Crippen LogP contribution in [0.15, 0.2) is 24.5 Å². The Kier molecular flexibility index (Phi) is 3.68. The Labute approximate surface area is 130 Å². The first-order valence-corrected chi connectivity index (χ1v) is 6.99. The van der Waals surface area contributed by atoms with Crippen LogP contribution in [0.2, 0.25) is 0 Å². The predicted octanol–water partition coefficient (Wildman–Crippen LogP) is 2.56. The van der Waals surface area contributed by atoms with Crippen molar-refractivity contribution in [3.63, 3.8) is 0 Å². The first-order chi connectivity index (χ1) is 11.0. The van der Waals surface area contributed by atoms with Crippen LogP contribution in [0.1, 0.15) is 12.8 Å². The van der Waals surface area contributed by atoms with Gasteiger partial charge in [0.25, 0.3) is 0 Å². The Balaban J connectivity index is 1.85. The number of carbonyl (C=O) groups is 1. The molecule has 0 saturated heterocycles. The van der Waals surface area contributed by atoms with Gasteiger partial charge in [-0.25, -0.2) is 4.39 Å². The third-order valence-corrected chi connectivity index (χ3v) is 3.53. The highest BCUT2D eigenvalue weighted by atomic mass is 19.1. The fourth-order valence-corrected chi connectivity index (χ4v) is 2.11. The van der Waals surface area contributed by atoms with Crippen molar-refractivity contribution in [2.45, 2.75) is 12.8 Å². The Bertz CT molecular complexity index is 785. The average Bonchev–Trinajstić information content (AvgIpc) is 3.28. The van der Waals surface area contributed by atoms with Crippen molar-refractivity contribution in [3.8, 4) is 0 Å². The quantitative estimate of drug-likeness (QED) is 0.651. The average molecular weight is 319 g/mol. The van der Waals surface area contributed by atoms with Crippen molar-refractivity contribution in [1.29, 1.82) is 0 Å². The second kappa shape index (κ2) is 5.67. The molecule has 9 heteroatoms. The van der Waals surface area contributed by atoms with E-state index in [0.29, 0.717) is 5.69 Å². The van der Waals surface area contributed by atoms with E-state index < -0.39 is 10.7 Å². The van der Waals surface area contributed by atoms with Gasteiger partial charge in [0, 0.05) is 18.7 Å². The maximum Gasteiger partial charge on any atom is 0.406 e. The number of nitrogens with zero attached hydrogens (tertiary/aromatic N) is 3. The largest absolute Gasteiger partial charge is 0.406 e. The summed E-state index contributed by atoms with van der Waals surface area (Å²) in [6, 6.07) is 4.01. The minimum absolute atomic E-state index is 0.0386. The summed E-state index contributed by atoms with van der Waals surface area (Å²) in [7, 11) is 1.60. The molecule has 0 atom stereocenters. The van der Waals surface area contributed by atoms with E-state index in [4.69, 9.17) is 0 Å². The lowest BCUT2D eigenvalue weighted by Crippen LogP contribution is -2.14. The summed E-state index contributed by atoms with van der Waals surface area (Å²) in [6.45, 7) is 0. The zero-order valence-corrected chi connectivity index (χ0v) is 12.2. The molecule has 23 heavy (non-hydrogen) atoms. The molecular weight excluding hydrogens is 305 g/mol. The van der Waals surface area contributed by atoms with Crippen molar-refractivity contribution in [3.05, 3.63) is 40.5 Å². The first kappa shape index (κ1) is 14.9. The summed E-state index contributed by atoms with van der Waals surface area (Å²) in [5.74, 6) is -0.998. The van der Waals surface area contributed by atoms with Crippen LogP contribution in [-0.4, -0.2) is 20.4 Å². The molecule has 1 aliphatic rings. The minimum Gasteiger partial charge on any atom is -0.358 e. The van der Waals surface area contributed by atoms with Crippen LogP contribution in [0.5, 0.6) is 0 Å². The van der Waals surface area contributed by atoms with Gasteiger partial charge in [-0.2, -0.15) is 0 Å². The van der Waals surface area contributed by atoms with Crippen LogP contribution < -0.4 is 10.6 Å². The van der Waals surface area contributed by atoms with Crippen LogP contribution in [0.25, 0.3) is 0 Å². The number of rotatable bonds is 5. The van der Waals surface area contributed by atoms with Gasteiger partial charge in [-0.05, 0) is 40.9 Å². The Morgan fingerprint density at radius 2 is 2.22 bits per heavy atom. The van der Waals surface area contributed by atoms with Crippen LogP contribution in [0.3, 0.4) is 0 Å². The Hall–Kier alpha value is -2.97. The molecule has 0 aliphatic heterocycles. The van der Waals surface area contributed by atoms with Crippen molar-refractivity contribution in [2.75, 3.05) is 10.6 Å². The number of hydrogen-bond donors (Lipinski definition) is 2. The van der Waals surface area contributed by atoms with E-state index in [1.54, 1.807) is 7.05 Å². The van der Waals surface area contributed by atoms with E-state index in [9.17, 15) is 19.3 Å². The van der Waals surface area contributed by atoms with E-state index in [2.05, 4.69) is 15.6 Å². The highest BCUT2D eigenvalue weighted by Gasteiger charge is 2.30. The van der Waals surface area contributed by atoms with Crippen molar-refractivity contribution >= 4 is 28.9 Å². The van der Waals surface area contributed by atoms with E-state index in [1.165, 1.54) is 29.1 Å². The smallest absolute Gasteiger partial charge is 0.358 e. The second-order valence-electron chi connectivity index (χ2n) is 5.37. The number of benzene rings is 1. The van der Waals surface area contributed by atoms with Crippen LogP contribution >= 0.6 is 0 Å². The molecule has 3 rings (SSSR count). The molecule has 120 valence electrons.